The number of rotatable bonds is 3. The molecule has 0 unspecified atom stereocenters. The number of hydrogen-bond acceptors (Lipinski definition) is 5. The third kappa shape index (κ3) is 2.92. The van der Waals surface area contributed by atoms with Crippen LogP contribution in [0.25, 0.3) is 0 Å². The van der Waals surface area contributed by atoms with Gasteiger partial charge in [0.2, 0.25) is 0 Å². The predicted octanol–water partition coefficient (Wildman–Crippen LogP) is 1.62. The molecule has 0 spiro atoms. The highest BCUT2D eigenvalue weighted by atomic mass is 16.3. The smallest absolute Gasteiger partial charge is 0.148 e. The van der Waals surface area contributed by atoms with Gasteiger partial charge in [0, 0.05) is 0 Å². The fraction of sp³-hybridized carbons (Fsp3) is 0.583. The highest BCUT2D eigenvalue weighted by Gasteiger charge is 2.35. The molecule has 0 aliphatic carbocycles. The van der Waals surface area contributed by atoms with Crippen molar-refractivity contribution in [3.63, 3.8) is 0 Å². The number of anilines is 1. The summed E-state index contributed by atoms with van der Waals surface area (Å²) in [6.45, 7) is 8.88. The summed E-state index contributed by atoms with van der Waals surface area (Å²) in [4.78, 5) is 8.15. The topological polar surface area (TPSA) is 81.8 Å². The third-order valence-electron chi connectivity index (χ3n) is 2.99. The van der Waals surface area contributed by atoms with Crippen molar-refractivity contribution in [2.75, 3.05) is 5.32 Å². The summed E-state index contributed by atoms with van der Waals surface area (Å²) < 4.78 is 0. The Morgan fingerprint density at radius 1 is 1.35 bits per heavy atom. The summed E-state index contributed by atoms with van der Waals surface area (Å²) in [6.07, 6.45) is 1.48. The zero-order valence-electron chi connectivity index (χ0n) is 10.9. The molecule has 5 nitrogen and oxygen atoms in total. The van der Waals surface area contributed by atoms with Gasteiger partial charge in [-0.3, -0.25) is 0 Å². The molecule has 0 saturated carbocycles. The molecule has 0 amide bonds. The van der Waals surface area contributed by atoms with Crippen LogP contribution in [0.5, 0.6) is 0 Å². The molecule has 17 heavy (non-hydrogen) atoms. The minimum Gasteiger partial charge on any atom is -0.388 e. The van der Waals surface area contributed by atoms with Gasteiger partial charge in [-0.1, -0.05) is 0 Å². The van der Waals surface area contributed by atoms with Gasteiger partial charge in [-0.2, -0.15) is 5.26 Å². The zero-order valence-corrected chi connectivity index (χ0v) is 10.9. The lowest BCUT2D eigenvalue weighted by atomic mass is 9.86. The first-order valence-electron chi connectivity index (χ1n) is 5.41. The van der Waals surface area contributed by atoms with Crippen LogP contribution in [0.2, 0.25) is 0 Å². The maximum absolute atomic E-state index is 10.1. The monoisotopic (exact) mass is 234 g/mol. The van der Waals surface area contributed by atoms with E-state index >= 15 is 0 Å². The first-order chi connectivity index (χ1) is 7.67. The third-order valence-corrected chi connectivity index (χ3v) is 2.99. The molecule has 2 N–H and O–H groups in total. The first-order valence-corrected chi connectivity index (χ1v) is 5.41. The molecule has 0 aliphatic rings. The van der Waals surface area contributed by atoms with E-state index in [-0.39, 0.29) is 0 Å². The Morgan fingerprint density at radius 2 is 1.94 bits per heavy atom. The van der Waals surface area contributed by atoms with E-state index in [0.29, 0.717) is 17.2 Å². The van der Waals surface area contributed by atoms with Gasteiger partial charge in [0.15, 0.2) is 0 Å². The lowest BCUT2D eigenvalue weighted by Crippen LogP contribution is -2.51. The number of nitrogens with zero attached hydrogens (tertiary/aromatic N) is 3. The normalized spacial score (nSPS) is 12.1. The van der Waals surface area contributed by atoms with E-state index in [9.17, 15) is 5.11 Å². The number of nitrogens with one attached hydrogen (secondary N) is 1. The van der Waals surface area contributed by atoms with E-state index in [1.54, 1.807) is 20.8 Å². The summed E-state index contributed by atoms with van der Waals surface area (Å²) in [5, 5.41) is 22.1. The van der Waals surface area contributed by atoms with Gasteiger partial charge in [-0.05, 0) is 34.6 Å². The molecule has 1 heterocycles. The molecular formula is C12H18N4O. The fourth-order valence-electron chi connectivity index (χ4n) is 1.10. The molecule has 0 saturated heterocycles. The Kier molecular flexibility index (Phi) is 3.39. The molecule has 0 bridgehead atoms. The Bertz CT molecular complexity index is 455. The van der Waals surface area contributed by atoms with Crippen molar-refractivity contribution in [2.45, 2.75) is 45.8 Å². The van der Waals surface area contributed by atoms with E-state index in [0.717, 1.165) is 0 Å². The van der Waals surface area contributed by atoms with Crippen LogP contribution in [-0.2, 0) is 0 Å². The largest absolute Gasteiger partial charge is 0.388 e. The Labute approximate surface area is 102 Å². The van der Waals surface area contributed by atoms with Gasteiger partial charge in [0.05, 0.1) is 17.3 Å². The average molecular weight is 234 g/mol. The number of hydrogen-bond donors (Lipinski definition) is 2. The standard InChI is InChI=1S/C12H18N4O/c1-8-14-7-9(6-13)10(15-8)16-11(2,3)12(4,5)17/h7,17H,1-5H3,(H,14,15,16). The fourth-order valence-corrected chi connectivity index (χ4v) is 1.10. The van der Waals surface area contributed by atoms with Crippen LogP contribution in [0, 0.1) is 18.3 Å². The van der Waals surface area contributed by atoms with E-state index in [1.165, 1.54) is 6.20 Å². The lowest BCUT2D eigenvalue weighted by molar-refractivity contribution is 0.0238. The van der Waals surface area contributed by atoms with Crippen molar-refractivity contribution in [3.05, 3.63) is 17.6 Å². The molecule has 0 aromatic carbocycles. The van der Waals surface area contributed by atoms with Crippen molar-refractivity contribution in [3.8, 4) is 6.07 Å². The maximum Gasteiger partial charge on any atom is 0.148 e. The predicted molar refractivity (Wildman–Crippen MR) is 65.5 cm³/mol. The van der Waals surface area contributed by atoms with Crippen LogP contribution < -0.4 is 5.32 Å². The van der Waals surface area contributed by atoms with Crippen LogP contribution >= 0.6 is 0 Å². The van der Waals surface area contributed by atoms with E-state index < -0.39 is 11.1 Å². The molecule has 0 aliphatic heterocycles. The van der Waals surface area contributed by atoms with E-state index in [1.807, 2.05) is 19.9 Å². The van der Waals surface area contributed by atoms with E-state index in [4.69, 9.17) is 5.26 Å². The van der Waals surface area contributed by atoms with Crippen molar-refractivity contribution < 1.29 is 5.11 Å². The maximum atomic E-state index is 10.1. The zero-order chi connectivity index (χ0) is 13.3. The number of aryl methyl sites for hydroxylation is 1. The molecule has 0 atom stereocenters. The average Bonchev–Trinajstić information content (AvgIpc) is 2.15. The van der Waals surface area contributed by atoms with Crippen LogP contribution in [0.4, 0.5) is 5.82 Å². The molecule has 0 radical (unpaired) electrons. The van der Waals surface area contributed by atoms with Crippen molar-refractivity contribution in [1.82, 2.24) is 9.97 Å². The minimum atomic E-state index is -0.946. The summed E-state index contributed by atoms with van der Waals surface area (Å²) >= 11 is 0. The molecule has 1 aromatic rings. The summed E-state index contributed by atoms with van der Waals surface area (Å²) in [6, 6.07) is 2.03. The summed E-state index contributed by atoms with van der Waals surface area (Å²) in [7, 11) is 0. The van der Waals surface area contributed by atoms with Gasteiger partial charge >= 0.3 is 0 Å². The molecule has 0 fully saturated rings. The Balaban J connectivity index is 3.12. The highest BCUT2D eigenvalue weighted by Crippen LogP contribution is 2.26. The minimum absolute atomic E-state index is 0.368. The van der Waals surface area contributed by atoms with Crippen molar-refractivity contribution in [1.29, 1.82) is 5.26 Å². The van der Waals surface area contributed by atoms with Crippen molar-refractivity contribution >= 4 is 5.82 Å². The highest BCUT2D eigenvalue weighted by molar-refractivity contribution is 5.52. The van der Waals surface area contributed by atoms with Gasteiger partial charge < -0.3 is 10.4 Å². The second kappa shape index (κ2) is 4.30. The lowest BCUT2D eigenvalue weighted by Gasteiger charge is -2.38. The number of aliphatic hydroxyl groups is 1. The van der Waals surface area contributed by atoms with Crippen LogP contribution in [0.15, 0.2) is 6.20 Å². The molecule has 1 rings (SSSR count). The van der Waals surface area contributed by atoms with Gasteiger partial charge in [0.1, 0.15) is 23.3 Å². The first kappa shape index (κ1) is 13.4. The second-order valence-corrected chi connectivity index (χ2v) is 5.10. The number of nitriles is 1. The molecule has 1 aromatic heterocycles. The van der Waals surface area contributed by atoms with Gasteiger partial charge in [0.25, 0.3) is 0 Å². The molecule has 92 valence electrons. The molecule has 5 heteroatoms. The number of aromatic nitrogens is 2. The summed E-state index contributed by atoms with van der Waals surface area (Å²) in [5.74, 6) is 1.03. The Morgan fingerprint density at radius 3 is 2.41 bits per heavy atom. The van der Waals surface area contributed by atoms with Gasteiger partial charge in [-0.15, -0.1) is 0 Å². The SMILES string of the molecule is Cc1ncc(C#N)c(NC(C)(C)C(C)(C)O)n1. The second-order valence-electron chi connectivity index (χ2n) is 5.10. The van der Waals surface area contributed by atoms with Gasteiger partial charge in [-0.25, -0.2) is 9.97 Å². The van der Waals surface area contributed by atoms with Crippen molar-refractivity contribution in [2.24, 2.45) is 0 Å². The van der Waals surface area contributed by atoms with E-state index in [2.05, 4.69) is 15.3 Å². The quantitative estimate of drug-likeness (QED) is 0.830. The Hall–Kier alpha value is -1.67. The van der Waals surface area contributed by atoms with Crippen LogP contribution in [-0.4, -0.2) is 26.2 Å². The van der Waals surface area contributed by atoms with Crippen LogP contribution in [0.3, 0.4) is 0 Å². The molecular weight excluding hydrogens is 216 g/mol. The van der Waals surface area contributed by atoms with Crippen LogP contribution in [0.1, 0.15) is 39.1 Å². The summed E-state index contributed by atoms with van der Waals surface area (Å²) in [5.41, 5.74) is -1.19.